The van der Waals surface area contributed by atoms with E-state index in [1.54, 1.807) is 12.1 Å². The Labute approximate surface area is 158 Å². The van der Waals surface area contributed by atoms with Gasteiger partial charge >= 0.3 is 0 Å². The van der Waals surface area contributed by atoms with Crippen LogP contribution in [-0.2, 0) is 4.74 Å². The summed E-state index contributed by atoms with van der Waals surface area (Å²) in [4.78, 5) is 15.2. The van der Waals surface area contributed by atoms with Gasteiger partial charge in [-0.15, -0.1) is 11.3 Å². The molecule has 1 amide bonds. The van der Waals surface area contributed by atoms with Gasteiger partial charge in [0.2, 0.25) is 0 Å². The van der Waals surface area contributed by atoms with E-state index in [-0.39, 0.29) is 5.91 Å². The summed E-state index contributed by atoms with van der Waals surface area (Å²) in [5.41, 5.74) is 2.10. The highest BCUT2D eigenvalue weighted by atomic mass is 35.5. The molecule has 0 aliphatic carbocycles. The third-order valence-electron chi connectivity index (χ3n) is 4.38. The summed E-state index contributed by atoms with van der Waals surface area (Å²) < 4.78 is 5.38. The molecule has 0 bridgehead atoms. The number of nitrogens with zero attached hydrogens (tertiary/aromatic N) is 2. The number of nitriles is 1. The van der Waals surface area contributed by atoms with Crippen LogP contribution in [0.3, 0.4) is 0 Å². The first-order chi connectivity index (χ1) is 12.1. The summed E-state index contributed by atoms with van der Waals surface area (Å²) in [6.45, 7) is 2.67. The molecule has 5 nitrogen and oxygen atoms in total. The molecule has 1 fully saturated rings. The Hall–Kier alpha value is -1.78. The molecule has 0 spiro atoms. The number of rotatable bonds is 2. The van der Waals surface area contributed by atoms with Gasteiger partial charge in [0.05, 0.1) is 34.9 Å². The molecule has 1 N–H and O–H groups in total. The van der Waals surface area contributed by atoms with E-state index in [0.29, 0.717) is 46.8 Å². The average Bonchev–Trinajstić information content (AvgIpc) is 3.16. The van der Waals surface area contributed by atoms with Crippen molar-refractivity contribution in [2.75, 3.05) is 31.2 Å². The number of hydrogen-bond acceptors (Lipinski definition) is 5. The van der Waals surface area contributed by atoms with Crippen LogP contribution in [0.2, 0.25) is 10.0 Å². The van der Waals surface area contributed by atoms with Crippen LogP contribution in [0.4, 0.5) is 5.00 Å². The second-order valence-electron chi connectivity index (χ2n) is 5.82. The first kappa shape index (κ1) is 16.7. The van der Waals surface area contributed by atoms with Crippen LogP contribution in [-0.4, -0.2) is 32.2 Å². The van der Waals surface area contributed by atoms with Gasteiger partial charge in [-0.1, -0.05) is 29.3 Å². The fraction of sp³-hybridized carbons (Fsp3) is 0.294. The van der Waals surface area contributed by atoms with Crippen molar-refractivity contribution in [2.24, 2.45) is 0 Å². The summed E-state index contributed by atoms with van der Waals surface area (Å²) in [7, 11) is 0. The summed E-state index contributed by atoms with van der Waals surface area (Å²) in [5.74, 6) is -0.160. The van der Waals surface area contributed by atoms with E-state index in [0.717, 1.165) is 16.1 Å². The second kappa shape index (κ2) is 6.50. The van der Waals surface area contributed by atoms with E-state index in [9.17, 15) is 10.1 Å². The van der Waals surface area contributed by atoms with Gasteiger partial charge in [-0.3, -0.25) is 4.79 Å². The van der Waals surface area contributed by atoms with Gasteiger partial charge in [0.25, 0.3) is 5.91 Å². The molecular formula is C17H13Cl2N3O2S. The molecule has 1 saturated heterocycles. The quantitative estimate of drug-likeness (QED) is 0.846. The fourth-order valence-electron chi connectivity index (χ4n) is 3.18. The number of fused-ring (bicyclic) bond motifs is 1. The van der Waals surface area contributed by atoms with Gasteiger partial charge in [-0.25, -0.2) is 0 Å². The number of anilines is 1. The highest BCUT2D eigenvalue weighted by Gasteiger charge is 2.38. The van der Waals surface area contributed by atoms with Crippen molar-refractivity contribution in [3.8, 4) is 6.07 Å². The van der Waals surface area contributed by atoms with Crippen molar-refractivity contribution in [3.63, 3.8) is 0 Å². The zero-order valence-corrected chi connectivity index (χ0v) is 15.3. The number of nitrogens with one attached hydrogen (secondary N) is 1. The number of benzene rings is 1. The van der Waals surface area contributed by atoms with Crippen molar-refractivity contribution in [2.45, 2.75) is 6.04 Å². The molecule has 1 atom stereocenters. The predicted octanol–water partition coefficient (Wildman–Crippen LogP) is 3.60. The predicted molar refractivity (Wildman–Crippen MR) is 97.8 cm³/mol. The molecule has 2 aliphatic heterocycles. The maximum absolute atomic E-state index is 12.5. The molecule has 25 heavy (non-hydrogen) atoms. The Bertz CT molecular complexity index is 900. The van der Waals surface area contributed by atoms with Crippen molar-refractivity contribution in [1.82, 2.24) is 5.32 Å². The number of morpholine rings is 1. The lowest BCUT2D eigenvalue weighted by molar-refractivity contribution is 0.0963. The zero-order chi connectivity index (χ0) is 17.6. The molecule has 0 saturated carbocycles. The summed E-state index contributed by atoms with van der Waals surface area (Å²) in [6, 6.07) is 7.16. The van der Waals surface area contributed by atoms with E-state index in [1.165, 1.54) is 11.3 Å². The van der Waals surface area contributed by atoms with Gasteiger partial charge in [-0.2, -0.15) is 5.26 Å². The Morgan fingerprint density at radius 2 is 2.04 bits per heavy atom. The Balaban J connectivity index is 1.81. The van der Waals surface area contributed by atoms with Gasteiger partial charge in [0.15, 0.2) is 0 Å². The van der Waals surface area contributed by atoms with Crippen LogP contribution in [0.25, 0.3) is 0 Å². The number of amides is 1. The Kier molecular flexibility index (Phi) is 4.34. The SMILES string of the molecule is N#Cc1c(N2CCOCC2)sc2c1C(c1ccc(Cl)c(Cl)c1)NC2=O. The minimum absolute atomic E-state index is 0.160. The van der Waals surface area contributed by atoms with Crippen LogP contribution in [0.5, 0.6) is 0 Å². The van der Waals surface area contributed by atoms with Crippen molar-refractivity contribution >= 4 is 45.4 Å². The van der Waals surface area contributed by atoms with E-state index < -0.39 is 6.04 Å². The van der Waals surface area contributed by atoms with Crippen molar-refractivity contribution in [1.29, 1.82) is 5.26 Å². The molecule has 3 heterocycles. The number of carbonyl (C=O) groups is 1. The average molecular weight is 394 g/mol. The lowest BCUT2D eigenvalue weighted by atomic mass is 9.98. The molecule has 1 unspecified atom stereocenters. The summed E-state index contributed by atoms with van der Waals surface area (Å²) >= 11 is 13.5. The normalized spacial score (nSPS) is 19.5. The second-order valence-corrected chi connectivity index (χ2v) is 7.63. The highest BCUT2D eigenvalue weighted by molar-refractivity contribution is 7.18. The zero-order valence-electron chi connectivity index (χ0n) is 13.0. The van der Waals surface area contributed by atoms with E-state index >= 15 is 0 Å². The van der Waals surface area contributed by atoms with Crippen LogP contribution in [0.15, 0.2) is 18.2 Å². The van der Waals surface area contributed by atoms with Gasteiger partial charge in [-0.05, 0) is 17.7 Å². The van der Waals surface area contributed by atoms with E-state index in [1.807, 2.05) is 6.07 Å². The molecule has 128 valence electrons. The van der Waals surface area contributed by atoms with Crippen LogP contribution < -0.4 is 10.2 Å². The molecule has 1 aromatic heterocycles. The van der Waals surface area contributed by atoms with Crippen molar-refractivity contribution < 1.29 is 9.53 Å². The van der Waals surface area contributed by atoms with Crippen LogP contribution >= 0.6 is 34.5 Å². The maximum atomic E-state index is 12.5. The number of thiophene rings is 1. The minimum Gasteiger partial charge on any atom is -0.378 e. The molecule has 0 radical (unpaired) electrons. The molecule has 2 aliphatic rings. The Morgan fingerprint density at radius 1 is 1.28 bits per heavy atom. The lowest BCUT2D eigenvalue weighted by Crippen LogP contribution is -2.36. The van der Waals surface area contributed by atoms with Gasteiger partial charge in [0, 0.05) is 18.7 Å². The number of hydrogen-bond donors (Lipinski definition) is 1. The topological polar surface area (TPSA) is 65.4 Å². The Morgan fingerprint density at radius 3 is 2.72 bits per heavy atom. The van der Waals surface area contributed by atoms with Crippen LogP contribution in [0, 0.1) is 11.3 Å². The monoisotopic (exact) mass is 393 g/mol. The molecule has 1 aromatic carbocycles. The first-order valence-electron chi connectivity index (χ1n) is 7.75. The molecular weight excluding hydrogens is 381 g/mol. The number of carbonyl (C=O) groups excluding carboxylic acids is 1. The lowest BCUT2D eigenvalue weighted by Gasteiger charge is -2.28. The standard InChI is InChI=1S/C17H13Cl2N3O2S/c18-11-2-1-9(7-12(11)19)14-13-10(8-20)17(22-3-5-24-6-4-22)25-15(13)16(23)21-14/h1-2,7,14H,3-6H2,(H,21,23). The van der Waals surface area contributed by atoms with E-state index in [4.69, 9.17) is 27.9 Å². The van der Waals surface area contributed by atoms with Crippen LogP contribution in [0.1, 0.15) is 32.4 Å². The fourth-order valence-corrected chi connectivity index (χ4v) is 4.73. The van der Waals surface area contributed by atoms with Gasteiger partial charge in [0.1, 0.15) is 15.9 Å². The smallest absolute Gasteiger partial charge is 0.262 e. The first-order valence-corrected chi connectivity index (χ1v) is 9.32. The van der Waals surface area contributed by atoms with Crippen molar-refractivity contribution in [3.05, 3.63) is 49.8 Å². The molecule has 4 rings (SSSR count). The summed E-state index contributed by atoms with van der Waals surface area (Å²) in [5, 5.41) is 14.4. The third-order valence-corrected chi connectivity index (χ3v) is 6.39. The number of ether oxygens (including phenoxy) is 1. The summed E-state index contributed by atoms with van der Waals surface area (Å²) in [6.07, 6.45) is 0. The van der Waals surface area contributed by atoms with E-state index in [2.05, 4.69) is 16.3 Å². The molecule has 8 heteroatoms. The maximum Gasteiger partial charge on any atom is 0.262 e. The largest absolute Gasteiger partial charge is 0.378 e. The minimum atomic E-state index is -0.391. The van der Waals surface area contributed by atoms with Gasteiger partial charge < -0.3 is 15.0 Å². The number of halogens is 2. The third kappa shape index (κ3) is 2.77. The highest BCUT2D eigenvalue weighted by Crippen LogP contribution is 2.45. The molecule has 2 aromatic rings.